The summed E-state index contributed by atoms with van der Waals surface area (Å²) in [5.74, 6) is -0.717. The molecule has 168 valence electrons. The van der Waals surface area contributed by atoms with Gasteiger partial charge >= 0.3 is 11.8 Å². The van der Waals surface area contributed by atoms with E-state index in [0.717, 1.165) is 12.8 Å². The van der Waals surface area contributed by atoms with Crippen molar-refractivity contribution in [2.45, 2.75) is 25.3 Å². The molecule has 9 heteroatoms. The summed E-state index contributed by atoms with van der Waals surface area (Å²) in [6.45, 7) is 2.13. The molecule has 0 bridgehead atoms. The lowest BCUT2D eigenvalue weighted by molar-refractivity contribution is -0.136. The lowest BCUT2D eigenvalue weighted by Crippen LogP contribution is -2.54. The average molecular weight is 444 g/mol. The van der Waals surface area contributed by atoms with Crippen molar-refractivity contribution >= 4 is 17.6 Å². The number of carbonyl (C=O) groups excluding carboxylic acids is 2. The van der Waals surface area contributed by atoms with Crippen LogP contribution in [0.3, 0.4) is 0 Å². The van der Waals surface area contributed by atoms with E-state index in [4.69, 9.17) is 5.26 Å². The molecule has 0 aliphatic heterocycles. The molecule has 0 radical (unpaired) electrons. The van der Waals surface area contributed by atoms with Crippen LogP contribution in [0.15, 0.2) is 48.8 Å². The molecule has 9 nitrogen and oxygen atoms in total. The van der Waals surface area contributed by atoms with Gasteiger partial charge in [0.15, 0.2) is 11.6 Å². The molecule has 3 aromatic rings. The summed E-state index contributed by atoms with van der Waals surface area (Å²) in [5, 5.41) is 18.6. The van der Waals surface area contributed by atoms with Crippen LogP contribution in [-0.4, -0.2) is 57.7 Å². The lowest BCUT2D eigenvalue weighted by atomic mass is 9.94. The fourth-order valence-corrected chi connectivity index (χ4v) is 4.05. The van der Waals surface area contributed by atoms with E-state index in [0.29, 0.717) is 23.5 Å². The Balaban J connectivity index is 1.40. The van der Waals surface area contributed by atoms with E-state index < -0.39 is 11.8 Å². The molecule has 0 unspecified atom stereocenters. The molecule has 4 rings (SSSR count). The Morgan fingerprint density at radius 3 is 2.42 bits per heavy atom. The molecular weight excluding hydrogens is 418 g/mol. The number of amides is 2. The van der Waals surface area contributed by atoms with Crippen LogP contribution in [0.4, 0.5) is 5.82 Å². The number of fused-ring (bicyclic) bond motifs is 1. The Hall–Kier alpha value is -4.03. The van der Waals surface area contributed by atoms with Crippen molar-refractivity contribution in [1.82, 2.24) is 25.0 Å². The number of nitrogens with one attached hydrogen (secondary N) is 2. The Morgan fingerprint density at radius 2 is 1.85 bits per heavy atom. The first kappa shape index (κ1) is 22.2. The molecule has 2 heterocycles. The summed E-state index contributed by atoms with van der Waals surface area (Å²) < 4.78 is 1.49. The third-order valence-electron chi connectivity index (χ3n) is 6.13. The zero-order chi connectivity index (χ0) is 23.6. The van der Waals surface area contributed by atoms with Gasteiger partial charge < -0.3 is 15.5 Å². The van der Waals surface area contributed by atoms with Gasteiger partial charge in [0.25, 0.3) is 0 Å². The third-order valence-corrected chi connectivity index (χ3v) is 6.13. The number of rotatable bonds is 5. The zero-order valence-corrected chi connectivity index (χ0v) is 18.8. The van der Waals surface area contributed by atoms with Crippen molar-refractivity contribution in [3.05, 3.63) is 71.0 Å². The molecule has 0 atom stereocenters. The molecule has 0 spiro atoms. The van der Waals surface area contributed by atoms with Crippen molar-refractivity contribution in [2.75, 3.05) is 26.0 Å². The van der Waals surface area contributed by atoms with E-state index >= 15 is 0 Å². The molecular formula is C24H25N7O2. The van der Waals surface area contributed by atoms with E-state index in [-0.39, 0.29) is 11.4 Å². The smallest absolute Gasteiger partial charge is 0.314 e. The summed E-state index contributed by atoms with van der Waals surface area (Å²) in [7, 11) is 3.98. The van der Waals surface area contributed by atoms with Gasteiger partial charge in [-0.15, -0.1) is 5.10 Å². The minimum absolute atomic E-state index is 0.275. The fourth-order valence-electron chi connectivity index (χ4n) is 4.05. The molecule has 2 N–H and O–H groups in total. The van der Waals surface area contributed by atoms with Crippen molar-refractivity contribution in [2.24, 2.45) is 0 Å². The van der Waals surface area contributed by atoms with E-state index in [9.17, 15) is 9.59 Å². The Labute approximate surface area is 192 Å². The van der Waals surface area contributed by atoms with Crippen LogP contribution < -0.4 is 10.6 Å². The highest BCUT2D eigenvalue weighted by molar-refractivity contribution is 6.39. The zero-order valence-electron chi connectivity index (χ0n) is 18.8. The number of nitriles is 1. The lowest BCUT2D eigenvalue weighted by Gasteiger charge is -2.36. The van der Waals surface area contributed by atoms with Gasteiger partial charge in [-0.2, -0.15) is 5.26 Å². The van der Waals surface area contributed by atoms with Gasteiger partial charge in [-0.1, -0.05) is 24.3 Å². The van der Waals surface area contributed by atoms with E-state index in [1.165, 1.54) is 22.0 Å². The maximum atomic E-state index is 12.6. The average Bonchev–Trinajstić information content (AvgIpc) is 3.38. The molecule has 1 aliphatic rings. The predicted molar refractivity (Wildman–Crippen MR) is 123 cm³/mol. The van der Waals surface area contributed by atoms with Crippen molar-refractivity contribution in [3.63, 3.8) is 0 Å². The van der Waals surface area contributed by atoms with Gasteiger partial charge in [0, 0.05) is 30.0 Å². The molecule has 2 aromatic heterocycles. The number of hydrogen-bond donors (Lipinski definition) is 2. The first-order chi connectivity index (χ1) is 15.8. The summed E-state index contributed by atoms with van der Waals surface area (Å²) in [4.78, 5) is 31.4. The van der Waals surface area contributed by atoms with Crippen molar-refractivity contribution in [1.29, 1.82) is 5.26 Å². The maximum absolute atomic E-state index is 12.6. The number of hydrogen-bond acceptors (Lipinski definition) is 6. The summed E-state index contributed by atoms with van der Waals surface area (Å²) >= 11 is 0. The predicted octanol–water partition coefficient (Wildman–Crippen LogP) is 1.60. The summed E-state index contributed by atoms with van der Waals surface area (Å²) in [5.41, 5.74) is 3.37. The monoisotopic (exact) mass is 443 g/mol. The molecule has 0 fully saturated rings. The first-order valence-corrected chi connectivity index (χ1v) is 10.6. The summed E-state index contributed by atoms with van der Waals surface area (Å²) in [6, 6.07) is 13.6. The molecule has 2 amide bonds. The second-order valence-electron chi connectivity index (χ2n) is 8.50. The van der Waals surface area contributed by atoms with Crippen LogP contribution >= 0.6 is 0 Å². The summed E-state index contributed by atoms with van der Waals surface area (Å²) in [6.07, 6.45) is 4.75. The van der Waals surface area contributed by atoms with Gasteiger partial charge in [-0.3, -0.25) is 9.59 Å². The third kappa shape index (κ3) is 4.47. The number of aryl methyl sites for hydroxylation is 1. The number of pyridine rings is 1. The highest BCUT2D eigenvalue weighted by Crippen LogP contribution is 2.33. The van der Waals surface area contributed by atoms with Gasteiger partial charge in [-0.25, -0.2) is 9.67 Å². The van der Waals surface area contributed by atoms with Crippen molar-refractivity contribution < 1.29 is 9.59 Å². The highest BCUT2D eigenvalue weighted by Gasteiger charge is 2.39. The van der Waals surface area contributed by atoms with Gasteiger partial charge in [0.1, 0.15) is 6.07 Å². The van der Waals surface area contributed by atoms with Gasteiger partial charge in [0.05, 0.1) is 5.56 Å². The van der Waals surface area contributed by atoms with Crippen LogP contribution in [0.2, 0.25) is 0 Å². The maximum Gasteiger partial charge on any atom is 0.314 e. The largest absolute Gasteiger partial charge is 0.346 e. The normalized spacial score (nSPS) is 13.9. The van der Waals surface area contributed by atoms with Crippen LogP contribution in [0, 0.1) is 18.3 Å². The second-order valence-corrected chi connectivity index (χ2v) is 8.50. The standard InChI is InChI=1S/C24H25N7O2/c1-16-14-31(20-9-8-17(12-25)13-26-20)29-21(16)28-23(33)22(32)27-15-24(30(2)3)10-18-6-4-5-7-19(18)11-24/h4-9,13-14H,10-11,15H2,1-3H3,(H,27,32)(H,28,29,33). The number of nitrogens with zero attached hydrogens (tertiary/aromatic N) is 5. The fraction of sp³-hybridized carbons (Fsp3) is 0.292. The van der Waals surface area contributed by atoms with Crippen LogP contribution in [0.25, 0.3) is 5.82 Å². The number of carbonyl (C=O) groups is 2. The molecule has 0 saturated heterocycles. The molecule has 33 heavy (non-hydrogen) atoms. The highest BCUT2D eigenvalue weighted by atomic mass is 16.2. The Morgan fingerprint density at radius 1 is 1.15 bits per heavy atom. The number of benzene rings is 1. The van der Waals surface area contributed by atoms with Crippen LogP contribution in [0.5, 0.6) is 0 Å². The van der Waals surface area contributed by atoms with E-state index in [2.05, 4.69) is 37.7 Å². The number of anilines is 1. The molecule has 1 aromatic carbocycles. The minimum atomic E-state index is -0.777. The van der Waals surface area contributed by atoms with E-state index in [1.807, 2.05) is 32.3 Å². The first-order valence-electron chi connectivity index (χ1n) is 10.6. The minimum Gasteiger partial charge on any atom is -0.346 e. The van der Waals surface area contributed by atoms with E-state index in [1.54, 1.807) is 25.3 Å². The van der Waals surface area contributed by atoms with Gasteiger partial charge in [-0.05, 0) is 57.1 Å². The number of aromatic nitrogens is 3. The van der Waals surface area contributed by atoms with Crippen molar-refractivity contribution in [3.8, 4) is 11.9 Å². The Bertz CT molecular complexity index is 1210. The Kier molecular flexibility index (Phi) is 5.94. The molecule has 1 aliphatic carbocycles. The number of likely N-dealkylation sites (N-methyl/N-ethyl adjacent to an activating group) is 1. The second kappa shape index (κ2) is 8.84. The van der Waals surface area contributed by atoms with Gasteiger partial charge in [0.2, 0.25) is 0 Å². The molecule has 0 saturated carbocycles. The SMILES string of the molecule is Cc1cn(-c2ccc(C#N)cn2)nc1NC(=O)C(=O)NCC1(N(C)C)Cc2ccccc2C1. The van der Waals surface area contributed by atoms with Crippen LogP contribution in [0.1, 0.15) is 22.3 Å². The van der Waals surface area contributed by atoms with Crippen LogP contribution in [-0.2, 0) is 22.4 Å². The topological polar surface area (TPSA) is 116 Å². The quantitative estimate of drug-likeness (QED) is 0.579.